The first kappa shape index (κ1) is 26.0. The number of thioether (sulfide) groups is 1. The molecule has 0 aliphatic rings. The monoisotopic (exact) mass is 518 g/mol. The summed E-state index contributed by atoms with van der Waals surface area (Å²) in [5.41, 5.74) is 1.36. The summed E-state index contributed by atoms with van der Waals surface area (Å²) in [5, 5.41) is 12.1. The Morgan fingerprint density at radius 2 is 1.69 bits per heavy atom. The summed E-state index contributed by atoms with van der Waals surface area (Å²) in [6, 6.07) is 9.50. The lowest BCUT2D eigenvalue weighted by atomic mass is 10.1. The highest BCUT2D eigenvalue weighted by molar-refractivity contribution is 7.99. The van der Waals surface area contributed by atoms with E-state index in [0.29, 0.717) is 21.8 Å². The van der Waals surface area contributed by atoms with Crippen LogP contribution in [0.5, 0.6) is 5.75 Å². The number of hydrogen-bond donors (Lipinski definition) is 1. The molecule has 0 aliphatic carbocycles. The van der Waals surface area contributed by atoms with Gasteiger partial charge in [0.25, 0.3) is 0 Å². The van der Waals surface area contributed by atoms with Gasteiger partial charge in [-0.25, -0.2) is 9.59 Å². The fourth-order valence-corrected chi connectivity index (χ4v) is 3.97. The van der Waals surface area contributed by atoms with Crippen molar-refractivity contribution in [3.8, 4) is 5.75 Å². The van der Waals surface area contributed by atoms with Crippen LogP contribution in [-0.2, 0) is 27.9 Å². The van der Waals surface area contributed by atoms with E-state index in [1.165, 1.54) is 44.2 Å². The van der Waals surface area contributed by atoms with Crippen LogP contribution in [0.2, 0.25) is 5.02 Å². The number of nitrogens with one attached hydrogen (secondary N) is 1. The van der Waals surface area contributed by atoms with Gasteiger partial charge in [0.05, 0.1) is 31.1 Å². The molecule has 1 aromatic heterocycles. The molecule has 0 unspecified atom stereocenters. The van der Waals surface area contributed by atoms with Crippen LogP contribution in [0.1, 0.15) is 32.1 Å². The van der Waals surface area contributed by atoms with E-state index in [1.54, 1.807) is 23.7 Å². The molecule has 184 valence electrons. The van der Waals surface area contributed by atoms with Crippen molar-refractivity contribution in [2.75, 3.05) is 25.3 Å². The standard InChI is InChI=1S/C23H23ClN4O6S/c1-13-7-16(24)5-6-18(13)34-11-19-26-27-23(28(19)2)35-12-20(29)25-17-9-14(21(30)32-3)8-15(10-17)22(31)33-4/h5-10H,11-12H2,1-4H3,(H,25,29). The predicted octanol–water partition coefficient (Wildman–Crippen LogP) is 3.66. The SMILES string of the molecule is COC(=O)c1cc(NC(=O)CSc2nnc(COc3ccc(Cl)cc3C)n2C)cc(C(=O)OC)c1. The van der Waals surface area contributed by atoms with E-state index >= 15 is 0 Å². The number of methoxy groups -OCH3 is 2. The third-order valence-electron chi connectivity index (χ3n) is 4.81. The summed E-state index contributed by atoms with van der Waals surface area (Å²) in [6.45, 7) is 2.09. The first-order valence-electron chi connectivity index (χ1n) is 10.2. The smallest absolute Gasteiger partial charge is 0.337 e. The lowest BCUT2D eigenvalue weighted by Crippen LogP contribution is -2.16. The molecule has 0 atom stereocenters. The number of aromatic nitrogens is 3. The van der Waals surface area contributed by atoms with Crippen molar-refractivity contribution in [1.29, 1.82) is 0 Å². The maximum Gasteiger partial charge on any atom is 0.337 e. The van der Waals surface area contributed by atoms with Gasteiger partial charge < -0.3 is 24.1 Å². The second kappa shape index (κ2) is 11.7. The maximum atomic E-state index is 12.5. The number of halogens is 1. The molecule has 12 heteroatoms. The van der Waals surface area contributed by atoms with E-state index < -0.39 is 11.9 Å². The molecule has 0 bridgehead atoms. The largest absolute Gasteiger partial charge is 0.485 e. The molecule has 3 aromatic rings. The summed E-state index contributed by atoms with van der Waals surface area (Å²) in [4.78, 5) is 36.4. The van der Waals surface area contributed by atoms with Crippen molar-refractivity contribution in [3.05, 3.63) is 63.9 Å². The topological polar surface area (TPSA) is 122 Å². The molecule has 35 heavy (non-hydrogen) atoms. The molecule has 1 amide bonds. The Balaban J connectivity index is 1.62. The average Bonchev–Trinajstić information content (AvgIpc) is 3.20. The summed E-state index contributed by atoms with van der Waals surface area (Å²) in [6.07, 6.45) is 0. The van der Waals surface area contributed by atoms with Gasteiger partial charge >= 0.3 is 11.9 Å². The minimum Gasteiger partial charge on any atom is -0.485 e. The minimum atomic E-state index is -0.650. The lowest BCUT2D eigenvalue weighted by Gasteiger charge is -2.10. The fraction of sp³-hybridized carbons (Fsp3) is 0.261. The third kappa shape index (κ3) is 6.74. The zero-order valence-electron chi connectivity index (χ0n) is 19.5. The predicted molar refractivity (Wildman–Crippen MR) is 130 cm³/mol. The number of nitrogens with zero attached hydrogens (tertiary/aromatic N) is 3. The molecular weight excluding hydrogens is 496 g/mol. The Hall–Kier alpha value is -3.57. The average molecular weight is 519 g/mol. The molecule has 0 radical (unpaired) electrons. The molecule has 0 aliphatic heterocycles. The Morgan fingerprint density at radius 3 is 2.29 bits per heavy atom. The number of carbonyl (C=O) groups is 3. The van der Waals surface area contributed by atoms with Gasteiger partial charge in [0, 0.05) is 17.8 Å². The van der Waals surface area contributed by atoms with Crippen molar-refractivity contribution in [2.45, 2.75) is 18.7 Å². The number of hydrogen-bond acceptors (Lipinski definition) is 9. The molecule has 0 saturated carbocycles. The number of benzene rings is 2. The van der Waals surface area contributed by atoms with E-state index in [4.69, 9.17) is 25.8 Å². The number of ether oxygens (including phenoxy) is 3. The summed E-state index contributed by atoms with van der Waals surface area (Å²) >= 11 is 7.14. The van der Waals surface area contributed by atoms with Crippen LogP contribution in [0.3, 0.4) is 0 Å². The van der Waals surface area contributed by atoms with Crippen LogP contribution in [0.4, 0.5) is 5.69 Å². The first-order chi connectivity index (χ1) is 16.7. The van der Waals surface area contributed by atoms with Crippen LogP contribution in [0, 0.1) is 6.92 Å². The van der Waals surface area contributed by atoms with Gasteiger partial charge in [-0.2, -0.15) is 0 Å². The molecule has 10 nitrogen and oxygen atoms in total. The van der Waals surface area contributed by atoms with Gasteiger partial charge in [0.15, 0.2) is 11.0 Å². The van der Waals surface area contributed by atoms with Crippen molar-refractivity contribution >= 4 is 46.9 Å². The zero-order chi connectivity index (χ0) is 25.5. The van der Waals surface area contributed by atoms with Crippen molar-refractivity contribution < 1.29 is 28.6 Å². The number of rotatable bonds is 9. The second-order valence-electron chi connectivity index (χ2n) is 7.28. The molecule has 0 fully saturated rings. The Kier molecular flexibility index (Phi) is 8.72. The Labute approximate surface area is 210 Å². The number of aryl methyl sites for hydroxylation is 1. The van der Waals surface area contributed by atoms with E-state index in [1.807, 2.05) is 13.0 Å². The first-order valence-corrected chi connectivity index (χ1v) is 11.6. The van der Waals surface area contributed by atoms with Crippen LogP contribution in [0.15, 0.2) is 41.6 Å². The molecule has 2 aromatic carbocycles. The van der Waals surface area contributed by atoms with E-state index in [-0.39, 0.29) is 35.1 Å². The van der Waals surface area contributed by atoms with Crippen LogP contribution in [0.25, 0.3) is 0 Å². The van der Waals surface area contributed by atoms with Gasteiger partial charge in [-0.1, -0.05) is 23.4 Å². The quantitative estimate of drug-likeness (QED) is 0.334. The fourth-order valence-electron chi connectivity index (χ4n) is 3.01. The molecule has 0 saturated heterocycles. The normalized spacial score (nSPS) is 10.5. The van der Waals surface area contributed by atoms with Gasteiger partial charge in [-0.05, 0) is 48.9 Å². The van der Waals surface area contributed by atoms with E-state index in [9.17, 15) is 14.4 Å². The molecule has 0 spiro atoms. The highest BCUT2D eigenvalue weighted by atomic mass is 35.5. The van der Waals surface area contributed by atoms with Crippen molar-refractivity contribution in [3.63, 3.8) is 0 Å². The molecular formula is C23H23ClN4O6S. The lowest BCUT2D eigenvalue weighted by molar-refractivity contribution is -0.113. The van der Waals surface area contributed by atoms with Gasteiger partial charge in [-0.3, -0.25) is 4.79 Å². The summed E-state index contributed by atoms with van der Waals surface area (Å²) < 4.78 is 16.9. The Morgan fingerprint density at radius 1 is 1.03 bits per heavy atom. The van der Waals surface area contributed by atoms with Crippen LogP contribution in [-0.4, -0.2) is 52.6 Å². The number of amides is 1. The van der Waals surface area contributed by atoms with Crippen LogP contribution >= 0.6 is 23.4 Å². The third-order valence-corrected chi connectivity index (χ3v) is 6.07. The highest BCUT2D eigenvalue weighted by Crippen LogP contribution is 2.23. The zero-order valence-corrected chi connectivity index (χ0v) is 21.0. The van der Waals surface area contributed by atoms with E-state index in [0.717, 1.165) is 5.56 Å². The number of carbonyl (C=O) groups excluding carboxylic acids is 3. The number of esters is 2. The number of anilines is 1. The van der Waals surface area contributed by atoms with Crippen molar-refractivity contribution in [2.24, 2.45) is 7.05 Å². The highest BCUT2D eigenvalue weighted by Gasteiger charge is 2.16. The maximum absolute atomic E-state index is 12.5. The molecule has 3 rings (SSSR count). The molecule has 1 N–H and O–H groups in total. The van der Waals surface area contributed by atoms with Crippen molar-refractivity contribution in [1.82, 2.24) is 14.8 Å². The van der Waals surface area contributed by atoms with E-state index in [2.05, 4.69) is 15.5 Å². The van der Waals surface area contributed by atoms with Gasteiger partial charge in [0.2, 0.25) is 5.91 Å². The van der Waals surface area contributed by atoms with Crippen LogP contribution < -0.4 is 10.1 Å². The van der Waals surface area contributed by atoms with Gasteiger partial charge in [0.1, 0.15) is 12.4 Å². The second-order valence-corrected chi connectivity index (χ2v) is 8.65. The van der Waals surface area contributed by atoms with Gasteiger partial charge in [-0.15, -0.1) is 10.2 Å². The molecule has 1 heterocycles. The minimum absolute atomic E-state index is 0.0130. The summed E-state index contributed by atoms with van der Waals surface area (Å²) in [7, 11) is 4.22. The summed E-state index contributed by atoms with van der Waals surface area (Å²) in [5.74, 6) is -0.391. The Bertz CT molecular complexity index is 1230.